The molecule has 0 aliphatic carbocycles. The third-order valence-electron chi connectivity index (χ3n) is 1.82. The van der Waals surface area contributed by atoms with Gasteiger partial charge in [0.1, 0.15) is 12.1 Å². The quantitative estimate of drug-likeness (QED) is 0.684. The minimum absolute atomic E-state index is 0.491. The molecule has 0 aliphatic heterocycles. The van der Waals surface area contributed by atoms with Crippen molar-refractivity contribution in [1.29, 1.82) is 0 Å². The SMILES string of the molecule is CC.Cc1nn(C)c2ncnc(N)c12. The molecular formula is C9H15N5. The van der Waals surface area contributed by atoms with E-state index >= 15 is 0 Å². The highest BCUT2D eigenvalue weighted by molar-refractivity contribution is 5.87. The Bertz CT molecular complexity index is 432. The number of rotatable bonds is 0. The van der Waals surface area contributed by atoms with Gasteiger partial charge in [-0.2, -0.15) is 5.10 Å². The number of hydrogen-bond acceptors (Lipinski definition) is 4. The van der Waals surface area contributed by atoms with E-state index in [9.17, 15) is 0 Å². The monoisotopic (exact) mass is 193 g/mol. The van der Waals surface area contributed by atoms with Gasteiger partial charge in [0.05, 0.1) is 11.1 Å². The van der Waals surface area contributed by atoms with Crippen molar-refractivity contribution < 1.29 is 0 Å². The van der Waals surface area contributed by atoms with Crippen molar-refractivity contribution in [3.05, 3.63) is 12.0 Å². The second-order valence-electron chi connectivity index (χ2n) is 2.67. The van der Waals surface area contributed by atoms with E-state index < -0.39 is 0 Å². The second kappa shape index (κ2) is 4.04. The van der Waals surface area contributed by atoms with Crippen LogP contribution in [0.15, 0.2) is 6.33 Å². The molecule has 5 heteroatoms. The van der Waals surface area contributed by atoms with Crippen LogP contribution in [0.25, 0.3) is 11.0 Å². The van der Waals surface area contributed by atoms with E-state index in [1.54, 1.807) is 4.68 Å². The molecule has 0 saturated carbocycles. The summed E-state index contributed by atoms with van der Waals surface area (Å²) in [5.74, 6) is 0.491. The average Bonchev–Trinajstić information content (AvgIpc) is 2.47. The van der Waals surface area contributed by atoms with Crippen molar-refractivity contribution in [2.24, 2.45) is 7.05 Å². The maximum atomic E-state index is 5.67. The Morgan fingerprint density at radius 3 is 2.50 bits per heavy atom. The Balaban J connectivity index is 0.000000461. The average molecular weight is 193 g/mol. The van der Waals surface area contributed by atoms with Crippen LogP contribution >= 0.6 is 0 Å². The van der Waals surface area contributed by atoms with Crippen LogP contribution in [0.1, 0.15) is 19.5 Å². The van der Waals surface area contributed by atoms with Crippen LogP contribution in [-0.2, 0) is 7.05 Å². The van der Waals surface area contributed by atoms with Crippen LogP contribution in [0.2, 0.25) is 0 Å². The van der Waals surface area contributed by atoms with Gasteiger partial charge in [0, 0.05) is 7.05 Å². The van der Waals surface area contributed by atoms with Gasteiger partial charge in [-0.25, -0.2) is 9.97 Å². The predicted molar refractivity (Wildman–Crippen MR) is 56.8 cm³/mol. The van der Waals surface area contributed by atoms with Crippen molar-refractivity contribution in [2.75, 3.05) is 5.73 Å². The Labute approximate surface area is 83.0 Å². The van der Waals surface area contributed by atoms with Gasteiger partial charge in [-0.1, -0.05) is 13.8 Å². The summed E-state index contributed by atoms with van der Waals surface area (Å²) in [5.41, 5.74) is 7.31. The van der Waals surface area contributed by atoms with Gasteiger partial charge in [0.2, 0.25) is 0 Å². The van der Waals surface area contributed by atoms with Gasteiger partial charge in [-0.05, 0) is 6.92 Å². The van der Waals surface area contributed by atoms with Gasteiger partial charge in [-0.15, -0.1) is 0 Å². The molecule has 0 unspecified atom stereocenters. The summed E-state index contributed by atoms with van der Waals surface area (Å²) < 4.78 is 1.70. The van der Waals surface area contributed by atoms with E-state index in [-0.39, 0.29) is 0 Å². The van der Waals surface area contributed by atoms with Gasteiger partial charge < -0.3 is 5.73 Å². The third-order valence-corrected chi connectivity index (χ3v) is 1.82. The molecule has 0 fully saturated rings. The van der Waals surface area contributed by atoms with Crippen LogP contribution in [-0.4, -0.2) is 19.7 Å². The lowest BCUT2D eigenvalue weighted by molar-refractivity contribution is 0.773. The molecule has 2 heterocycles. The van der Waals surface area contributed by atoms with Crippen molar-refractivity contribution in [2.45, 2.75) is 20.8 Å². The molecule has 0 aliphatic rings. The number of nitrogens with two attached hydrogens (primary N) is 1. The van der Waals surface area contributed by atoms with Gasteiger partial charge in [0.25, 0.3) is 0 Å². The predicted octanol–water partition coefficient (Wildman–Crippen LogP) is 1.28. The Hall–Kier alpha value is -1.65. The van der Waals surface area contributed by atoms with Gasteiger partial charge in [0.15, 0.2) is 5.65 Å². The summed E-state index contributed by atoms with van der Waals surface area (Å²) in [6, 6.07) is 0. The van der Waals surface area contributed by atoms with E-state index in [0.717, 1.165) is 16.7 Å². The first-order chi connectivity index (χ1) is 6.70. The summed E-state index contributed by atoms with van der Waals surface area (Å²) in [6.07, 6.45) is 1.44. The van der Waals surface area contributed by atoms with Crippen LogP contribution in [0.5, 0.6) is 0 Å². The molecule has 76 valence electrons. The number of nitrogen functional groups attached to an aromatic ring is 1. The largest absolute Gasteiger partial charge is 0.383 e. The Kier molecular flexibility index (Phi) is 3.01. The van der Waals surface area contributed by atoms with Crippen molar-refractivity contribution in [3.63, 3.8) is 0 Å². The minimum atomic E-state index is 0.491. The van der Waals surface area contributed by atoms with E-state index in [4.69, 9.17) is 5.73 Å². The molecule has 0 radical (unpaired) electrons. The summed E-state index contributed by atoms with van der Waals surface area (Å²) >= 11 is 0. The topological polar surface area (TPSA) is 69.6 Å². The summed E-state index contributed by atoms with van der Waals surface area (Å²) in [7, 11) is 1.84. The van der Waals surface area contributed by atoms with Gasteiger partial charge >= 0.3 is 0 Å². The molecule has 0 amide bonds. The molecule has 2 aromatic heterocycles. The van der Waals surface area contributed by atoms with Crippen LogP contribution in [0, 0.1) is 6.92 Å². The summed E-state index contributed by atoms with van der Waals surface area (Å²) in [6.45, 7) is 5.89. The molecule has 2 aromatic rings. The van der Waals surface area contributed by atoms with Crippen LogP contribution < -0.4 is 5.73 Å². The zero-order valence-corrected chi connectivity index (χ0v) is 8.94. The molecule has 2 N–H and O–H groups in total. The molecule has 14 heavy (non-hydrogen) atoms. The molecule has 0 atom stereocenters. The fourth-order valence-electron chi connectivity index (χ4n) is 1.30. The second-order valence-corrected chi connectivity index (χ2v) is 2.67. The standard InChI is InChI=1S/C7H9N5.C2H6/c1-4-5-6(8)9-3-10-7(5)12(2)11-4;1-2/h3H,1-2H3,(H2,8,9,10);1-2H3. The lowest BCUT2D eigenvalue weighted by atomic mass is 10.3. The lowest BCUT2D eigenvalue weighted by Gasteiger charge is -1.93. The number of hydrogen-bond donors (Lipinski definition) is 1. The molecule has 0 aromatic carbocycles. The molecule has 5 nitrogen and oxygen atoms in total. The fraction of sp³-hybridized carbons (Fsp3) is 0.444. The molecule has 2 rings (SSSR count). The highest BCUT2D eigenvalue weighted by atomic mass is 15.3. The highest BCUT2D eigenvalue weighted by Crippen LogP contribution is 2.18. The smallest absolute Gasteiger partial charge is 0.163 e. The molecule has 0 spiro atoms. The first kappa shape index (κ1) is 10.4. The molecule has 0 saturated heterocycles. The number of aromatic nitrogens is 4. The van der Waals surface area contributed by atoms with E-state index in [1.807, 2.05) is 27.8 Å². The van der Waals surface area contributed by atoms with E-state index in [0.29, 0.717) is 5.82 Å². The zero-order valence-electron chi connectivity index (χ0n) is 8.94. The maximum Gasteiger partial charge on any atom is 0.163 e. The Morgan fingerprint density at radius 1 is 1.29 bits per heavy atom. The number of nitrogens with zero attached hydrogens (tertiary/aromatic N) is 4. The fourth-order valence-corrected chi connectivity index (χ4v) is 1.30. The van der Waals surface area contributed by atoms with Crippen molar-refractivity contribution >= 4 is 16.9 Å². The van der Waals surface area contributed by atoms with Crippen molar-refractivity contribution in [3.8, 4) is 0 Å². The first-order valence-electron chi connectivity index (χ1n) is 4.60. The third kappa shape index (κ3) is 1.53. The van der Waals surface area contributed by atoms with Crippen LogP contribution in [0.3, 0.4) is 0 Å². The lowest BCUT2D eigenvalue weighted by Crippen LogP contribution is -1.95. The number of fused-ring (bicyclic) bond motifs is 1. The normalized spacial score (nSPS) is 9.71. The molecular weight excluding hydrogens is 178 g/mol. The van der Waals surface area contributed by atoms with Gasteiger partial charge in [-0.3, -0.25) is 4.68 Å². The Morgan fingerprint density at radius 2 is 1.93 bits per heavy atom. The summed E-state index contributed by atoms with van der Waals surface area (Å²) in [4.78, 5) is 7.97. The highest BCUT2D eigenvalue weighted by Gasteiger charge is 2.08. The summed E-state index contributed by atoms with van der Waals surface area (Å²) in [5, 5.41) is 5.03. The maximum absolute atomic E-state index is 5.67. The van der Waals surface area contributed by atoms with Crippen LogP contribution in [0.4, 0.5) is 5.82 Å². The number of anilines is 1. The first-order valence-corrected chi connectivity index (χ1v) is 4.60. The van der Waals surface area contributed by atoms with E-state index in [1.165, 1.54) is 6.33 Å². The van der Waals surface area contributed by atoms with E-state index in [2.05, 4.69) is 15.1 Å². The molecule has 0 bridgehead atoms. The number of aryl methyl sites for hydroxylation is 2. The minimum Gasteiger partial charge on any atom is -0.383 e. The zero-order chi connectivity index (χ0) is 10.7. The van der Waals surface area contributed by atoms with Crippen molar-refractivity contribution in [1.82, 2.24) is 19.7 Å².